The average Bonchev–Trinajstić information content (AvgIpc) is 2.99. The summed E-state index contributed by atoms with van der Waals surface area (Å²) in [5, 5.41) is 3.47. The van der Waals surface area contributed by atoms with E-state index in [1.54, 1.807) is 0 Å². The molecule has 0 bridgehead atoms. The maximum Gasteiger partial charge on any atom is 0.169 e. The molecule has 1 aliphatic carbocycles. The van der Waals surface area contributed by atoms with Crippen molar-refractivity contribution < 1.29 is 9.47 Å². The molecule has 1 unspecified atom stereocenters. The Morgan fingerprint density at radius 3 is 2.27 bits per heavy atom. The van der Waals surface area contributed by atoms with Crippen LogP contribution in [0.4, 0.5) is 0 Å². The van der Waals surface area contributed by atoms with Crippen LogP contribution >= 0.6 is 0 Å². The van der Waals surface area contributed by atoms with E-state index in [4.69, 9.17) is 9.47 Å². The molecule has 1 rings (SSSR count). The molecule has 0 saturated heterocycles. The van der Waals surface area contributed by atoms with Gasteiger partial charge in [-0.3, -0.25) is 0 Å². The highest BCUT2D eigenvalue weighted by molar-refractivity contribution is 4.78. The molecule has 0 aromatic carbocycles. The van der Waals surface area contributed by atoms with Gasteiger partial charge >= 0.3 is 0 Å². The van der Waals surface area contributed by atoms with Crippen molar-refractivity contribution in [3.05, 3.63) is 0 Å². The molecule has 15 heavy (non-hydrogen) atoms. The first-order chi connectivity index (χ1) is 7.26. The van der Waals surface area contributed by atoms with E-state index in [-0.39, 0.29) is 6.29 Å². The van der Waals surface area contributed by atoms with E-state index in [1.165, 1.54) is 19.3 Å². The van der Waals surface area contributed by atoms with Crippen LogP contribution in [0.2, 0.25) is 0 Å². The van der Waals surface area contributed by atoms with Gasteiger partial charge in [0.1, 0.15) is 0 Å². The van der Waals surface area contributed by atoms with E-state index < -0.39 is 0 Å². The summed E-state index contributed by atoms with van der Waals surface area (Å²) in [5.41, 5.74) is 0. The third-order valence-corrected chi connectivity index (χ3v) is 2.72. The molecule has 0 aromatic heterocycles. The zero-order valence-electron chi connectivity index (χ0n) is 10.3. The van der Waals surface area contributed by atoms with Gasteiger partial charge in [0.15, 0.2) is 6.29 Å². The highest BCUT2D eigenvalue weighted by Crippen LogP contribution is 2.33. The molecule has 1 N–H and O–H groups in total. The molecule has 0 aromatic rings. The van der Waals surface area contributed by atoms with E-state index in [0.717, 1.165) is 12.5 Å². The summed E-state index contributed by atoms with van der Waals surface area (Å²) in [4.78, 5) is 0. The predicted octanol–water partition coefficient (Wildman–Crippen LogP) is 2.16. The minimum absolute atomic E-state index is 0.0818. The minimum atomic E-state index is -0.0818. The first-order valence-electron chi connectivity index (χ1n) is 6.22. The Balaban J connectivity index is 2.07. The molecule has 0 aliphatic heterocycles. The third-order valence-electron chi connectivity index (χ3n) is 2.72. The predicted molar refractivity (Wildman–Crippen MR) is 61.8 cm³/mol. The first-order valence-corrected chi connectivity index (χ1v) is 6.22. The summed E-state index contributed by atoms with van der Waals surface area (Å²) in [7, 11) is 0. The molecule has 90 valence electrons. The SMILES string of the molecule is CCOC(CNC(C)CC1CC1)OCC. The van der Waals surface area contributed by atoms with Gasteiger partial charge in [0.05, 0.1) is 0 Å². The molecule has 1 fully saturated rings. The Morgan fingerprint density at radius 1 is 1.20 bits per heavy atom. The van der Waals surface area contributed by atoms with Gasteiger partial charge in [-0.2, -0.15) is 0 Å². The maximum atomic E-state index is 5.47. The molecule has 3 nitrogen and oxygen atoms in total. The van der Waals surface area contributed by atoms with Crippen molar-refractivity contribution in [3.8, 4) is 0 Å². The lowest BCUT2D eigenvalue weighted by Crippen LogP contribution is -2.36. The fourth-order valence-electron chi connectivity index (χ4n) is 1.77. The summed E-state index contributed by atoms with van der Waals surface area (Å²) in [5.74, 6) is 0.977. The van der Waals surface area contributed by atoms with Crippen LogP contribution in [0.25, 0.3) is 0 Å². The molecule has 0 radical (unpaired) electrons. The monoisotopic (exact) mass is 215 g/mol. The Kier molecular flexibility index (Phi) is 6.22. The van der Waals surface area contributed by atoms with Crippen molar-refractivity contribution in [1.29, 1.82) is 0 Å². The van der Waals surface area contributed by atoms with Crippen LogP contribution < -0.4 is 5.32 Å². The van der Waals surface area contributed by atoms with Gasteiger partial charge in [0, 0.05) is 25.8 Å². The van der Waals surface area contributed by atoms with Gasteiger partial charge in [-0.1, -0.05) is 12.8 Å². The van der Waals surface area contributed by atoms with Crippen molar-refractivity contribution >= 4 is 0 Å². The fourth-order valence-corrected chi connectivity index (χ4v) is 1.77. The molecule has 1 aliphatic rings. The van der Waals surface area contributed by atoms with Gasteiger partial charge in [0.25, 0.3) is 0 Å². The molecule has 0 amide bonds. The van der Waals surface area contributed by atoms with Crippen molar-refractivity contribution in [1.82, 2.24) is 5.32 Å². The van der Waals surface area contributed by atoms with Crippen LogP contribution in [0.3, 0.4) is 0 Å². The second-order valence-electron chi connectivity index (χ2n) is 4.33. The van der Waals surface area contributed by atoms with Crippen molar-refractivity contribution in [2.45, 2.75) is 52.4 Å². The summed E-state index contributed by atoms with van der Waals surface area (Å²) >= 11 is 0. The number of hydrogen-bond donors (Lipinski definition) is 1. The number of ether oxygens (including phenoxy) is 2. The zero-order valence-corrected chi connectivity index (χ0v) is 10.3. The lowest BCUT2D eigenvalue weighted by atomic mass is 10.1. The summed E-state index contributed by atoms with van der Waals surface area (Å²) < 4.78 is 10.9. The van der Waals surface area contributed by atoms with Gasteiger partial charge in [-0.15, -0.1) is 0 Å². The van der Waals surface area contributed by atoms with E-state index >= 15 is 0 Å². The standard InChI is InChI=1S/C12H25NO2/c1-4-14-12(15-5-2)9-13-10(3)8-11-6-7-11/h10-13H,4-9H2,1-3H3. The molecular weight excluding hydrogens is 190 g/mol. The van der Waals surface area contributed by atoms with E-state index in [2.05, 4.69) is 12.2 Å². The maximum absolute atomic E-state index is 5.47. The van der Waals surface area contributed by atoms with Gasteiger partial charge < -0.3 is 14.8 Å². The first kappa shape index (κ1) is 12.9. The Morgan fingerprint density at radius 2 is 1.80 bits per heavy atom. The molecule has 3 heteroatoms. The van der Waals surface area contributed by atoms with Gasteiger partial charge in [-0.05, 0) is 33.1 Å². The van der Waals surface area contributed by atoms with Gasteiger partial charge in [0.2, 0.25) is 0 Å². The average molecular weight is 215 g/mol. The molecule has 1 atom stereocenters. The van der Waals surface area contributed by atoms with Crippen molar-refractivity contribution in [3.63, 3.8) is 0 Å². The number of rotatable bonds is 9. The minimum Gasteiger partial charge on any atom is -0.352 e. The quantitative estimate of drug-likeness (QED) is 0.598. The molecule has 1 saturated carbocycles. The smallest absolute Gasteiger partial charge is 0.169 e. The van der Waals surface area contributed by atoms with Crippen molar-refractivity contribution in [2.24, 2.45) is 5.92 Å². The van der Waals surface area contributed by atoms with Crippen LogP contribution in [0.15, 0.2) is 0 Å². The fraction of sp³-hybridized carbons (Fsp3) is 1.00. The highest BCUT2D eigenvalue weighted by Gasteiger charge is 2.23. The summed E-state index contributed by atoms with van der Waals surface area (Å²) in [6.45, 7) is 8.47. The summed E-state index contributed by atoms with van der Waals surface area (Å²) in [6, 6.07) is 0.584. The Hall–Kier alpha value is -0.120. The highest BCUT2D eigenvalue weighted by atomic mass is 16.7. The largest absolute Gasteiger partial charge is 0.352 e. The van der Waals surface area contributed by atoms with Crippen LogP contribution in [0, 0.1) is 5.92 Å². The van der Waals surface area contributed by atoms with Gasteiger partial charge in [-0.25, -0.2) is 0 Å². The summed E-state index contributed by atoms with van der Waals surface area (Å²) in [6.07, 6.45) is 4.06. The van der Waals surface area contributed by atoms with E-state index in [1.807, 2.05) is 13.8 Å². The third kappa shape index (κ3) is 6.13. The van der Waals surface area contributed by atoms with Crippen LogP contribution in [-0.4, -0.2) is 32.1 Å². The number of hydrogen-bond acceptors (Lipinski definition) is 3. The number of nitrogens with one attached hydrogen (secondary N) is 1. The van der Waals surface area contributed by atoms with Crippen molar-refractivity contribution in [2.75, 3.05) is 19.8 Å². The second kappa shape index (κ2) is 7.20. The van der Waals surface area contributed by atoms with Crippen LogP contribution in [-0.2, 0) is 9.47 Å². The lowest BCUT2D eigenvalue weighted by molar-refractivity contribution is -0.133. The normalized spacial score (nSPS) is 18.4. The molecular formula is C12H25NO2. The molecule has 0 heterocycles. The Labute approximate surface area is 93.5 Å². The van der Waals surface area contributed by atoms with Crippen LogP contribution in [0.1, 0.15) is 40.0 Å². The topological polar surface area (TPSA) is 30.5 Å². The molecule has 0 spiro atoms. The second-order valence-corrected chi connectivity index (χ2v) is 4.33. The van der Waals surface area contributed by atoms with E-state index in [9.17, 15) is 0 Å². The zero-order chi connectivity index (χ0) is 11.1. The Bertz CT molecular complexity index is 154. The van der Waals surface area contributed by atoms with Crippen LogP contribution in [0.5, 0.6) is 0 Å². The van der Waals surface area contributed by atoms with E-state index in [0.29, 0.717) is 19.3 Å². The lowest BCUT2D eigenvalue weighted by Gasteiger charge is -2.20.